The summed E-state index contributed by atoms with van der Waals surface area (Å²) in [5.41, 5.74) is 0.226. The highest BCUT2D eigenvalue weighted by Crippen LogP contribution is 2.33. The van der Waals surface area contributed by atoms with Crippen LogP contribution in [0.2, 0.25) is 0 Å². The molecule has 0 spiro atoms. The number of aliphatic imine (C=N–C) groups is 1. The highest BCUT2D eigenvalue weighted by molar-refractivity contribution is 7.93. The third-order valence-electron chi connectivity index (χ3n) is 2.33. The van der Waals surface area contributed by atoms with Crippen molar-refractivity contribution in [3.05, 3.63) is 24.0 Å². The molecule has 0 aromatic heterocycles. The molecule has 0 saturated carbocycles. The summed E-state index contributed by atoms with van der Waals surface area (Å²) in [4.78, 5) is 3.84. The van der Waals surface area contributed by atoms with Gasteiger partial charge in [-0.05, 0) is 19.1 Å². The summed E-state index contributed by atoms with van der Waals surface area (Å²) in [5, 5.41) is 7.52. The Labute approximate surface area is 92.0 Å². The Morgan fingerprint density at radius 3 is 2.81 bits per heavy atom. The van der Waals surface area contributed by atoms with E-state index in [0.717, 1.165) is 18.2 Å². The number of fused-ring (bicyclic) bond motifs is 1. The quantitative estimate of drug-likeness (QED) is 0.644. The number of nitrogens with zero attached hydrogens (tertiary/aromatic N) is 2. The monoisotopic (exact) mass is 238 g/mol. The molecule has 0 aliphatic carbocycles. The predicted molar refractivity (Wildman–Crippen MR) is 55.8 cm³/mol. The number of halogens is 1. The van der Waals surface area contributed by atoms with E-state index < -0.39 is 20.9 Å². The third-order valence-corrected chi connectivity index (χ3v) is 4.36. The molecule has 1 aromatic carbocycles. The number of benzene rings is 1. The molecule has 2 rings (SSSR count). The molecule has 1 atom stereocenters. The van der Waals surface area contributed by atoms with Gasteiger partial charge in [0.2, 0.25) is 9.84 Å². The van der Waals surface area contributed by atoms with Crippen LogP contribution in [-0.4, -0.2) is 19.4 Å². The van der Waals surface area contributed by atoms with E-state index >= 15 is 0 Å². The normalized spacial score (nSPS) is 21.8. The van der Waals surface area contributed by atoms with Gasteiger partial charge in [0.05, 0.1) is 16.7 Å². The van der Waals surface area contributed by atoms with Gasteiger partial charge in [0.25, 0.3) is 0 Å². The van der Waals surface area contributed by atoms with E-state index in [0.29, 0.717) is 0 Å². The molecule has 0 amide bonds. The molecule has 4 nitrogen and oxygen atoms in total. The summed E-state index contributed by atoms with van der Waals surface area (Å²) in [6.45, 7) is 1.44. The van der Waals surface area contributed by atoms with Crippen molar-refractivity contribution in [3.8, 4) is 6.07 Å². The molecule has 16 heavy (non-hydrogen) atoms. The lowest BCUT2D eigenvalue weighted by Gasteiger charge is -2.17. The van der Waals surface area contributed by atoms with Crippen molar-refractivity contribution in [2.75, 3.05) is 0 Å². The largest absolute Gasteiger partial charge is 0.254 e. The van der Waals surface area contributed by atoms with E-state index in [9.17, 15) is 12.8 Å². The first-order valence-electron chi connectivity index (χ1n) is 4.45. The molecule has 0 N–H and O–H groups in total. The van der Waals surface area contributed by atoms with Crippen molar-refractivity contribution in [2.45, 2.75) is 17.1 Å². The summed E-state index contributed by atoms with van der Waals surface area (Å²) in [5.74, 6) is -0.555. The minimum absolute atomic E-state index is 0.0593. The molecule has 1 aliphatic rings. The summed E-state index contributed by atoms with van der Waals surface area (Å²) in [6, 6.07) is 4.91. The summed E-state index contributed by atoms with van der Waals surface area (Å²) in [6.07, 6.45) is 0. The first-order valence-corrected chi connectivity index (χ1v) is 5.99. The fourth-order valence-electron chi connectivity index (χ4n) is 1.58. The Bertz CT molecular complexity index is 629. The van der Waals surface area contributed by atoms with Gasteiger partial charge in [0.1, 0.15) is 5.82 Å². The zero-order valence-corrected chi connectivity index (χ0v) is 9.12. The Morgan fingerprint density at radius 1 is 1.50 bits per heavy atom. The minimum atomic E-state index is -3.76. The number of hydrogen-bond donors (Lipinski definition) is 0. The van der Waals surface area contributed by atoms with Crippen LogP contribution < -0.4 is 0 Å². The molecule has 0 fully saturated rings. The highest BCUT2D eigenvalue weighted by Gasteiger charge is 2.35. The average molecular weight is 238 g/mol. The van der Waals surface area contributed by atoms with E-state index in [1.165, 1.54) is 6.92 Å². The van der Waals surface area contributed by atoms with Gasteiger partial charge < -0.3 is 0 Å². The molecule has 1 aromatic rings. The predicted octanol–water partition coefficient (Wildman–Crippen LogP) is 1.60. The van der Waals surface area contributed by atoms with Crippen LogP contribution in [0.5, 0.6) is 0 Å². The van der Waals surface area contributed by atoms with Crippen LogP contribution in [0.3, 0.4) is 0 Å². The molecule has 6 heteroatoms. The second-order valence-corrected chi connectivity index (χ2v) is 5.42. The van der Waals surface area contributed by atoms with E-state index in [1.807, 2.05) is 0 Å². The Hall–Kier alpha value is -1.74. The summed E-state index contributed by atoms with van der Waals surface area (Å²) < 4.78 is 36.8. The van der Waals surface area contributed by atoms with Crippen molar-refractivity contribution in [1.29, 1.82) is 5.26 Å². The standard InChI is InChI=1S/C10H7FN2O2S/c1-6-10(5-12)16(14,15)9-3-2-7(11)4-8(9)13-6/h2-4,10H,1H3. The van der Waals surface area contributed by atoms with Gasteiger partial charge in [0.15, 0.2) is 5.25 Å². The molecule has 1 heterocycles. The Balaban J connectivity index is 2.79. The average Bonchev–Trinajstić information content (AvgIpc) is 2.16. The Morgan fingerprint density at radius 2 is 2.19 bits per heavy atom. The smallest absolute Gasteiger partial charge is 0.202 e. The first-order chi connectivity index (χ1) is 7.46. The maximum atomic E-state index is 12.9. The molecule has 1 aliphatic heterocycles. The zero-order chi connectivity index (χ0) is 11.9. The van der Waals surface area contributed by atoms with Crippen molar-refractivity contribution in [3.63, 3.8) is 0 Å². The summed E-state index contributed by atoms with van der Waals surface area (Å²) >= 11 is 0. The van der Waals surface area contributed by atoms with Crippen LogP contribution in [0.1, 0.15) is 6.92 Å². The van der Waals surface area contributed by atoms with Crippen LogP contribution in [0.25, 0.3) is 0 Å². The fourth-order valence-corrected chi connectivity index (χ4v) is 3.13. The fraction of sp³-hybridized carbons (Fsp3) is 0.200. The van der Waals surface area contributed by atoms with Gasteiger partial charge in [-0.3, -0.25) is 4.99 Å². The molecule has 0 radical (unpaired) electrons. The van der Waals surface area contributed by atoms with E-state index in [1.54, 1.807) is 6.07 Å². The SMILES string of the molecule is CC1=Nc2cc(F)ccc2S(=O)(=O)C1C#N. The van der Waals surface area contributed by atoms with Crippen LogP contribution in [0.15, 0.2) is 28.1 Å². The molecule has 82 valence electrons. The molecule has 1 unspecified atom stereocenters. The minimum Gasteiger partial charge on any atom is -0.254 e. The van der Waals surface area contributed by atoms with Crippen molar-refractivity contribution in [2.24, 2.45) is 4.99 Å². The Kier molecular flexibility index (Phi) is 2.28. The number of hydrogen-bond acceptors (Lipinski definition) is 4. The lowest BCUT2D eigenvalue weighted by molar-refractivity contribution is 0.594. The van der Waals surface area contributed by atoms with Gasteiger partial charge in [0, 0.05) is 11.8 Å². The van der Waals surface area contributed by atoms with Crippen molar-refractivity contribution >= 4 is 21.2 Å². The molecular formula is C10H7FN2O2S. The molecular weight excluding hydrogens is 231 g/mol. The zero-order valence-electron chi connectivity index (χ0n) is 8.31. The van der Waals surface area contributed by atoms with Gasteiger partial charge in [-0.25, -0.2) is 12.8 Å². The number of rotatable bonds is 0. The topological polar surface area (TPSA) is 70.3 Å². The van der Waals surface area contributed by atoms with E-state index in [2.05, 4.69) is 4.99 Å². The van der Waals surface area contributed by atoms with E-state index in [-0.39, 0.29) is 16.3 Å². The highest BCUT2D eigenvalue weighted by atomic mass is 32.2. The number of nitriles is 1. The third kappa shape index (κ3) is 1.41. The van der Waals surface area contributed by atoms with E-state index in [4.69, 9.17) is 5.26 Å². The van der Waals surface area contributed by atoms with Crippen LogP contribution >= 0.6 is 0 Å². The first kappa shape index (κ1) is 10.8. The van der Waals surface area contributed by atoms with Gasteiger partial charge in [-0.2, -0.15) is 5.26 Å². The van der Waals surface area contributed by atoms with Gasteiger partial charge >= 0.3 is 0 Å². The lowest BCUT2D eigenvalue weighted by atomic mass is 10.2. The van der Waals surface area contributed by atoms with Crippen LogP contribution in [-0.2, 0) is 9.84 Å². The second-order valence-electron chi connectivity index (χ2n) is 3.42. The van der Waals surface area contributed by atoms with Crippen molar-refractivity contribution in [1.82, 2.24) is 0 Å². The van der Waals surface area contributed by atoms with Gasteiger partial charge in [-0.1, -0.05) is 0 Å². The number of sulfone groups is 1. The molecule has 0 saturated heterocycles. The lowest BCUT2D eigenvalue weighted by Crippen LogP contribution is -2.29. The maximum Gasteiger partial charge on any atom is 0.202 e. The summed E-state index contributed by atoms with van der Waals surface area (Å²) in [7, 11) is -3.76. The molecule has 0 bridgehead atoms. The van der Waals surface area contributed by atoms with Gasteiger partial charge in [-0.15, -0.1) is 0 Å². The maximum absolute atomic E-state index is 12.9. The van der Waals surface area contributed by atoms with Crippen LogP contribution in [0.4, 0.5) is 10.1 Å². The second kappa shape index (κ2) is 3.39. The van der Waals surface area contributed by atoms with Crippen LogP contribution in [0, 0.1) is 17.1 Å². The van der Waals surface area contributed by atoms with Crippen molar-refractivity contribution < 1.29 is 12.8 Å².